The highest BCUT2D eigenvalue weighted by atomic mass is 32.2. The van der Waals surface area contributed by atoms with Gasteiger partial charge in [0.05, 0.1) is 18.4 Å². The van der Waals surface area contributed by atoms with E-state index < -0.39 is 0 Å². The molecule has 0 aliphatic carbocycles. The smallest absolute Gasteiger partial charge is 0.337 e. The van der Waals surface area contributed by atoms with Gasteiger partial charge in [-0.1, -0.05) is 56.8 Å². The minimum atomic E-state index is -0.387. The predicted molar refractivity (Wildman–Crippen MR) is 135 cm³/mol. The van der Waals surface area contributed by atoms with Crippen LogP contribution in [0.1, 0.15) is 48.1 Å². The van der Waals surface area contributed by atoms with Crippen LogP contribution in [0.4, 0.5) is 0 Å². The molecule has 0 unspecified atom stereocenters. The Morgan fingerprint density at radius 3 is 2.34 bits per heavy atom. The van der Waals surface area contributed by atoms with E-state index in [-0.39, 0.29) is 17.6 Å². The molecule has 35 heavy (non-hydrogen) atoms. The molecule has 1 aromatic heterocycles. The summed E-state index contributed by atoms with van der Waals surface area (Å²) in [5, 5.41) is 12.2. The van der Waals surface area contributed by atoms with Crippen LogP contribution in [-0.2, 0) is 35.6 Å². The zero-order valence-corrected chi connectivity index (χ0v) is 21.4. The minimum absolute atomic E-state index is 0.111. The van der Waals surface area contributed by atoms with Crippen molar-refractivity contribution in [1.82, 2.24) is 20.1 Å². The number of aryl methyl sites for hydroxylation is 1. The van der Waals surface area contributed by atoms with Gasteiger partial charge in [-0.05, 0) is 47.7 Å². The van der Waals surface area contributed by atoms with Gasteiger partial charge in [-0.3, -0.25) is 4.79 Å². The van der Waals surface area contributed by atoms with Crippen molar-refractivity contribution in [3.8, 4) is 5.75 Å². The molecule has 2 aromatic carbocycles. The second kappa shape index (κ2) is 12.9. The summed E-state index contributed by atoms with van der Waals surface area (Å²) in [6, 6.07) is 15.0. The van der Waals surface area contributed by atoms with Gasteiger partial charge in [0, 0.05) is 13.1 Å². The van der Waals surface area contributed by atoms with E-state index in [9.17, 15) is 9.59 Å². The minimum Gasteiger partial charge on any atom is -0.486 e. The van der Waals surface area contributed by atoms with Crippen LogP contribution in [0.5, 0.6) is 5.75 Å². The highest BCUT2D eigenvalue weighted by molar-refractivity contribution is 7.99. The summed E-state index contributed by atoms with van der Waals surface area (Å²) in [4.78, 5) is 24.0. The van der Waals surface area contributed by atoms with Crippen molar-refractivity contribution in [3.05, 3.63) is 71.0 Å². The number of aromatic nitrogens is 3. The van der Waals surface area contributed by atoms with Gasteiger partial charge in [0.15, 0.2) is 11.0 Å². The van der Waals surface area contributed by atoms with Gasteiger partial charge in [-0.15, -0.1) is 10.2 Å². The monoisotopic (exact) mass is 496 g/mol. The lowest BCUT2D eigenvalue weighted by Gasteiger charge is -2.13. The van der Waals surface area contributed by atoms with E-state index in [0.29, 0.717) is 29.8 Å². The zero-order chi connectivity index (χ0) is 25.2. The Morgan fingerprint density at radius 1 is 1.03 bits per heavy atom. The number of nitrogens with zero attached hydrogens (tertiary/aromatic N) is 3. The molecule has 186 valence electrons. The van der Waals surface area contributed by atoms with Crippen LogP contribution < -0.4 is 10.1 Å². The number of benzene rings is 2. The molecule has 3 rings (SSSR count). The summed E-state index contributed by atoms with van der Waals surface area (Å²) >= 11 is 1.35. The van der Waals surface area contributed by atoms with Crippen molar-refractivity contribution in [2.75, 3.05) is 12.9 Å². The number of thioether (sulfide) groups is 1. The molecule has 0 spiro atoms. The predicted octanol–water partition coefficient (Wildman–Crippen LogP) is 4.27. The number of rotatable bonds is 12. The largest absolute Gasteiger partial charge is 0.486 e. The third kappa shape index (κ3) is 7.85. The van der Waals surface area contributed by atoms with Gasteiger partial charge >= 0.3 is 5.97 Å². The first kappa shape index (κ1) is 26.3. The molecule has 9 heteroatoms. The lowest BCUT2D eigenvalue weighted by atomic mass is 10.1. The molecule has 1 N–H and O–H groups in total. The van der Waals surface area contributed by atoms with Crippen LogP contribution in [0.2, 0.25) is 0 Å². The van der Waals surface area contributed by atoms with E-state index in [1.165, 1.54) is 24.4 Å². The topological polar surface area (TPSA) is 95.3 Å². The van der Waals surface area contributed by atoms with Crippen molar-refractivity contribution in [2.24, 2.45) is 5.92 Å². The van der Waals surface area contributed by atoms with Crippen LogP contribution in [0.3, 0.4) is 0 Å². The summed E-state index contributed by atoms with van der Waals surface area (Å²) in [7, 11) is 1.34. The summed E-state index contributed by atoms with van der Waals surface area (Å²) in [5.41, 5.74) is 2.63. The number of hydrogen-bond donors (Lipinski definition) is 1. The summed E-state index contributed by atoms with van der Waals surface area (Å²) in [6.07, 6.45) is 0.985. The van der Waals surface area contributed by atoms with E-state index >= 15 is 0 Å². The number of ether oxygens (including phenoxy) is 2. The fourth-order valence-electron chi connectivity index (χ4n) is 3.31. The van der Waals surface area contributed by atoms with Gasteiger partial charge in [0.2, 0.25) is 5.91 Å². The maximum Gasteiger partial charge on any atom is 0.337 e. The van der Waals surface area contributed by atoms with Crippen LogP contribution in [0, 0.1) is 5.92 Å². The van der Waals surface area contributed by atoms with Crippen molar-refractivity contribution >= 4 is 23.6 Å². The molecular weight excluding hydrogens is 464 g/mol. The Bertz CT molecular complexity index is 1110. The Morgan fingerprint density at radius 2 is 1.71 bits per heavy atom. The number of carbonyl (C=O) groups is 2. The lowest BCUT2D eigenvalue weighted by molar-refractivity contribution is -0.118. The van der Waals surface area contributed by atoms with E-state index in [4.69, 9.17) is 9.47 Å². The molecule has 0 saturated carbocycles. The van der Waals surface area contributed by atoms with Gasteiger partial charge in [-0.25, -0.2) is 4.79 Å². The maximum atomic E-state index is 12.4. The molecule has 0 aliphatic rings. The SMILES string of the molecule is CCc1ccc(OCc2nnc(SCC(=O)NCc3ccc(C(=O)OC)cc3)n2CC(C)C)cc1. The zero-order valence-electron chi connectivity index (χ0n) is 20.6. The third-order valence-corrected chi connectivity index (χ3v) is 6.20. The van der Waals surface area contributed by atoms with Crippen LogP contribution in [0.25, 0.3) is 0 Å². The normalized spacial score (nSPS) is 10.9. The van der Waals surface area contributed by atoms with E-state index in [2.05, 4.69) is 48.4 Å². The Hall–Kier alpha value is -3.33. The lowest BCUT2D eigenvalue weighted by Crippen LogP contribution is -2.25. The summed E-state index contributed by atoms with van der Waals surface area (Å²) < 4.78 is 12.6. The number of amides is 1. The first-order chi connectivity index (χ1) is 16.9. The second-order valence-corrected chi connectivity index (χ2v) is 9.39. The Balaban J connectivity index is 1.54. The fourth-order valence-corrected chi connectivity index (χ4v) is 4.11. The number of methoxy groups -OCH3 is 1. The van der Waals surface area contributed by atoms with Crippen LogP contribution in [-0.4, -0.2) is 39.5 Å². The molecule has 1 amide bonds. The molecular formula is C26H32N4O4S. The molecule has 0 aliphatic heterocycles. The van der Waals surface area contributed by atoms with E-state index in [1.807, 2.05) is 16.7 Å². The Kier molecular flexibility index (Phi) is 9.72. The number of esters is 1. The molecule has 3 aromatic rings. The quantitative estimate of drug-likeness (QED) is 0.295. The van der Waals surface area contributed by atoms with Crippen molar-refractivity contribution in [3.63, 3.8) is 0 Å². The highest BCUT2D eigenvalue weighted by Gasteiger charge is 2.16. The van der Waals surface area contributed by atoms with Crippen molar-refractivity contribution < 1.29 is 19.1 Å². The van der Waals surface area contributed by atoms with Gasteiger partial charge < -0.3 is 19.4 Å². The number of hydrogen-bond acceptors (Lipinski definition) is 7. The maximum absolute atomic E-state index is 12.4. The van der Waals surface area contributed by atoms with E-state index in [0.717, 1.165) is 30.1 Å². The second-order valence-electron chi connectivity index (χ2n) is 8.44. The molecule has 0 radical (unpaired) electrons. The molecule has 0 saturated heterocycles. The highest BCUT2D eigenvalue weighted by Crippen LogP contribution is 2.20. The number of nitrogens with one attached hydrogen (secondary N) is 1. The molecule has 8 nitrogen and oxygen atoms in total. The van der Waals surface area contributed by atoms with E-state index in [1.54, 1.807) is 24.3 Å². The van der Waals surface area contributed by atoms with Crippen molar-refractivity contribution in [1.29, 1.82) is 0 Å². The van der Waals surface area contributed by atoms with Crippen molar-refractivity contribution in [2.45, 2.75) is 52.0 Å². The van der Waals surface area contributed by atoms with Gasteiger partial charge in [0.1, 0.15) is 12.4 Å². The Labute approximate surface area is 210 Å². The number of carbonyl (C=O) groups excluding carboxylic acids is 2. The third-order valence-electron chi connectivity index (χ3n) is 5.24. The molecule has 1 heterocycles. The summed E-state index contributed by atoms with van der Waals surface area (Å²) in [6.45, 7) is 7.78. The van der Waals surface area contributed by atoms with Crippen LogP contribution in [0.15, 0.2) is 53.7 Å². The average molecular weight is 497 g/mol. The van der Waals surface area contributed by atoms with Gasteiger partial charge in [0.25, 0.3) is 0 Å². The van der Waals surface area contributed by atoms with Crippen LogP contribution >= 0.6 is 11.8 Å². The molecule has 0 fully saturated rings. The first-order valence-electron chi connectivity index (χ1n) is 11.6. The average Bonchev–Trinajstić information content (AvgIpc) is 3.25. The standard InChI is InChI=1S/C26H32N4O4S/c1-5-19-8-12-22(13-9-19)34-16-23-28-29-26(30(23)15-18(2)3)35-17-24(31)27-14-20-6-10-21(11-7-20)25(32)33-4/h6-13,18H,5,14-17H2,1-4H3,(H,27,31). The first-order valence-corrected chi connectivity index (χ1v) is 12.6. The van der Waals surface area contributed by atoms with Gasteiger partial charge in [-0.2, -0.15) is 0 Å². The molecule has 0 bridgehead atoms. The molecule has 0 atom stereocenters. The summed E-state index contributed by atoms with van der Waals surface area (Å²) in [5.74, 6) is 1.62. The fraction of sp³-hybridized carbons (Fsp3) is 0.385.